The summed E-state index contributed by atoms with van der Waals surface area (Å²) in [5.41, 5.74) is -0.0273. The molecule has 0 bridgehead atoms. The van der Waals surface area contributed by atoms with Crippen molar-refractivity contribution < 1.29 is 9.90 Å². The van der Waals surface area contributed by atoms with Crippen LogP contribution in [0.1, 0.15) is 0 Å². The van der Waals surface area contributed by atoms with E-state index in [2.05, 4.69) is 5.32 Å². The highest BCUT2D eigenvalue weighted by Gasteiger charge is 2.08. The lowest BCUT2D eigenvalue weighted by molar-refractivity contribution is 0.217. The van der Waals surface area contributed by atoms with Crippen molar-refractivity contribution >= 4 is 11.7 Å². The second-order valence-electron chi connectivity index (χ2n) is 4.53. The van der Waals surface area contributed by atoms with Crippen LogP contribution >= 0.6 is 0 Å². The van der Waals surface area contributed by atoms with Gasteiger partial charge in [-0.15, -0.1) is 0 Å². The number of carbonyl (C=O) groups excluding carboxylic acids is 1. The van der Waals surface area contributed by atoms with Crippen molar-refractivity contribution in [1.29, 1.82) is 0 Å². The highest BCUT2D eigenvalue weighted by molar-refractivity contribution is 5.89. The maximum absolute atomic E-state index is 11.9. The number of anilines is 1. The topological polar surface area (TPSA) is 72.9 Å². The monoisotopic (exact) mass is 265 g/mol. The lowest BCUT2D eigenvalue weighted by Crippen LogP contribution is -2.36. The molecule has 0 aliphatic rings. The minimum Gasteiger partial charge on any atom is -0.504 e. The minimum absolute atomic E-state index is 0.264. The van der Waals surface area contributed by atoms with Crippen LogP contribution in [-0.4, -0.2) is 55.2 Å². The summed E-state index contributed by atoms with van der Waals surface area (Å²) in [6.45, 7) is 1.35. The molecule has 104 valence electrons. The predicted molar refractivity (Wildman–Crippen MR) is 74.6 cm³/mol. The lowest BCUT2D eigenvalue weighted by Gasteiger charge is -2.19. The molecule has 0 saturated carbocycles. The Balaban J connectivity index is 2.67. The van der Waals surface area contributed by atoms with Gasteiger partial charge in [-0.05, 0) is 38.4 Å². The Morgan fingerprint density at radius 2 is 1.79 bits per heavy atom. The van der Waals surface area contributed by atoms with Crippen molar-refractivity contribution in [3.8, 4) is 5.75 Å². The van der Waals surface area contributed by atoms with Crippen LogP contribution in [0.3, 0.4) is 0 Å². The molecule has 2 N–H and O–H groups in total. The summed E-state index contributed by atoms with van der Waals surface area (Å²) in [4.78, 5) is 26.6. The fraction of sp³-hybridized carbons (Fsp3) is 0.385. The van der Waals surface area contributed by atoms with Crippen LogP contribution < -0.4 is 10.7 Å². The number of aromatic hydroxyl groups is 1. The number of amides is 2. The van der Waals surface area contributed by atoms with E-state index in [1.807, 2.05) is 19.0 Å². The maximum Gasteiger partial charge on any atom is 0.321 e. The van der Waals surface area contributed by atoms with Crippen molar-refractivity contribution in [1.82, 2.24) is 9.80 Å². The van der Waals surface area contributed by atoms with Crippen molar-refractivity contribution in [3.63, 3.8) is 0 Å². The van der Waals surface area contributed by atoms with Gasteiger partial charge in [-0.25, -0.2) is 4.79 Å². The highest BCUT2D eigenvalue weighted by atomic mass is 16.3. The van der Waals surface area contributed by atoms with Crippen LogP contribution in [0, 0.1) is 0 Å². The number of likely N-dealkylation sites (N-methyl/N-ethyl adjacent to an activating group) is 2. The van der Waals surface area contributed by atoms with Crippen LogP contribution in [0.4, 0.5) is 10.5 Å². The summed E-state index contributed by atoms with van der Waals surface area (Å²) in [5.74, 6) is -0.346. The van der Waals surface area contributed by atoms with Gasteiger partial charge in [-0.1, -0.05) is 0 Å². The fourth-order valence-corrected chi connectivity index (χ4v) is 1.31. The Morgan fingerprint density at radius 1 is 1.16 bits per heavy atom. The summed E-state index contributed by atoms with van der Waals surface area (Å²) in [6, 6.07) is 5.15. The largest absolute Gasteiger partial charge is 0.504 e. The first-order valence-electron chi connectivity index (χ1n) is 5.90. The van der Waals surface area contributed by atoms with Crippen molar-refractivity contribution in [2.24, 2.45) is 0 Å². The van der Waals surface area contributed by atoms with Crippen molar-refractivity contribution in [2.75, 3.05) is 39.5 Å². The Hall–Kier alpha value is -2.08. The lowest BCUT2D eigenvalue weighted by atomic mass is 10.4. The van der Waals surface area contributed by atoms with Crippen LogP contribution in [0.25, 0.3) is 0 Å². The van der Waals surface area contributed by atoms with Gasteiger partial charge in [0.2, 0.25) is 5.43 Å². The average Bonchev–Trinajstić information content (AvgIpc) is 2.51. The molecule has 0 fully saturated rings. The van der Waals surface area contributed by atoms with Gasteiger partial charge >= 0.3 is 6.03 Å². The number of hydrogen-bond donors (Lipinski definition) is 2. The minimum atomic E-state index is -0.485. The molecule has 0 spiro atoms. The van der Waals surface area contributed by atoms with Gasteiger partial charge in [0.05, 0.1) is 0 Å². The number of nitrogens with zero attached hydrogens (tertiary/aromatic N) is 2. The molecule has 2 amide bonds. The smallest absolute Gasteiger partial charge is 0.321 e. The first-order chi connectivity index (χ1) is 8.90. The predicted octanol–water partition coefficient (Wildman–Crippen LogP) is 0.778. The molecule has 1 aromatic rings. The molecular weight excluding hydrogens is 246 g/mol. The summed E-state index contributed by atoms with van der Waals surface area (Å²) < 4.78 is 0. The third-order valence-electron chi connectivity index (χ3n) is 2.57. The third kappa shape index (κ3) is 4.97. The average molecular weight is 265 g/mol. The van der Waals surface area contributed by atoms with E-state index >= 15 is 0 Å². The molecule has 0 heterocycles. The Bertz CT molecular complexity index is 503. The molecule has 0 aliphatic carbocycles. The Morgan fingerprint density at radius 3 is 2.42 bits per heavy atom. The number of rotatable bonds is 4. The van der Waals surface area contributed by atoms with Gasteiger partial charge in [0, 0.05) is 25.8 Å². The normalized spacial score (nSPS) is 10.3. The highest BCUT2D eigenvalue weighted by Crippen LogP contribution is 2.07. The number of urea groups is 1. The molecule has 0 radical (unpaired) electrons. The molecule has 0 unspecified atom stereocenters. The molecule has 6 nitrogen and oxygen atoms in total. The van der Waals surface area contributed by atoms with Crippen LogP contribution in [0.15, 0.2) is 29.1 Å². The molecule has 0 aliphatic heterocycles. The molecule has 0 saturated heterocycles. The van der Waals surface area contributed by atoms with E-state index in [4.69, 9.17) is 0 Å². The van der Waals surface area contributed by atoms with Crippen LogP contribution in [0.5, 0.6) is 5.75 Å². The molecule has 19 heavy (non-hydrogen) atoms. The molecule has 1 aromatic carbocycles. The van der Waals surface area contributed by atoms with Crippen LogP contribution in [-0.2, 0) is 0 Å². The van der Waals surface area contributed by atoms with Crippen molar-refractivity contribution in [3.05, 3.63) is 34.5 Å². The first-order valence-corrected chi connectivity index (χ1v) is 5.90. The van der Waals surface area contributed by atoms with E-state index in [0.717, 1.165) is 6.54 Å². The number of nitrogens with one attached hydrogen (secondary N) is 1. The van der Waals surface area contributed by atoms with E-state index in [1.54, 1.807) is 11.9 Å². The van der Waals surface area contributed by atoms with E-state index in [1.165, 1.54) is 24.3 Å². The molecule has 0 atom stereocenters. The Kier molecular flexibility index (Phi) is 5.32. The van der Waals surface area contributed by atoms with E-state index in [9.17, 15) is 14.7 Å². The first kappa shape index (κ1) is 15.0. The quantitative estimate of drug-likeness (QED) is 0.843. The molecule has 6 heteroatoms. The van der Waals surface area contributed by atoms with Crippen LogP contribution in [0.2, 0.25) is 0 Å². The number of carbonyl (C=O) groups is 1. The van der Waals surface area contributed by atoms with Gasteiger partial charge in [0.15, 0.2) is 5.75 Å². The maximum atomic E-state index is 11.9. The molecular formula is C13H19N3O3. The van der Waals surface area contributed by atoms with Crippen molar-refractivity contribution in [2.45, 2.75) is 0 Å². The van der Waals surface area contributed by atoms with E-state index in [0.29, 0.717) is 12.2 Å². The van der Waals surface area contributed by atoms with Gasteiger partial charge in [0.25, 0.3) is 0 Å². The second kappa shape index (κ2) is 6.75. The summed E-state index contributed by atoms with van der Waals surface area (Å²) in [5, 5.41) is 11.9. The summed E-state index contributed by atoms with van der Waals surface area (Å²) >= 11 is 0. The standard InChI is InChI=1S/C13H19N3O3/c1-15(2)8-9-16(3)13(19)14-10-4-6-11(17)12(18)7-5-10/h4-7H,8-9H2,1-3H3,(H,14,19)(H,17,18). The van der Waals surface area contributed by atoms with E-state index < -0.39 is 5.43 Å². The van der Waals surface area contributed by atoms with Gasteiger partial charge in [-0.2, -0.15) is 0 Å². The molecule has 1 rings (SSSR count). The summed E-state index contributed by atoms with van der Waals surface area (Å²) in [6.07, 6.45) is 0. The van der Waals surface area contributed by atoms with Gasteiger partial charge < -0.3 is 20.2 Å². The fourth-order valence-electron chi connectivity index (χ4n) is 1.31. The SMILES string of the molecule is CN(C)CCN(C)C(=O)Nc1ccc(O)c(=O)cc1. The zero-order valence-electron chi connectivity index (χ0n) is 11.4. The van der Waals surface area contributed by atoms with Gasteiger partial charge in [0.1, 0.15) is 0 Å². The third-order valence-corrected chi connectivity index (χ3v) is 2.57. The zero-order chi connectivity index (χ0) is 14.4. The zero-order valence-corrected chi connectivity index (χ0v) is 11.4. The summed E-state index contributed by atoms with van der Waals surface area (Å²) in [7, 11) is 5.56. The molecule has 0 aromatic heterocycles. The second-order valence-corrected chi connectivity index (χ2v) is 4.53. The Labute approximate surface area is 112 Å². The number of hydrogen-bond acceptors (Lipinski definition) is 4. The van der Waals surface area contributed by atoms with Gasteiger partial charge in [-0.3, -0.25) is 4.79 Å². The van der Waals surface area contributed by atoms with E-state index in [-0.39, 0.29) is 11.8 Å².